The van der Waals surface area contributed by atoms with Gasteiger partial charge in [-0.05, 0) is 35.7 Å². The molecule has 0 saturated heterocycles. The van der Waals surface area contributed by atoms with Gasteiger partial charge in [-0.1, -0.05) is 48.9 Å². The van der Waals surface area contributed by atoms with Gasteiger partial charge in [0.05, 0.1) is 6.10 Å². The Balaban J connectivity index is 2.10. The maximum absolute atomic E-state index is 9.80. The minimum atomic E-state index is -0.377. The standard InChI is InChI=1S/C17H20ClNO/c1-3-17(20)13-8-10-15(11-9-13)19(2)12-14-6-4-5-7-16(14)18/h4-11,17,20H,3,12H2,1-2H3/t17-/m0/s1. The van der Waals surface area contributed by atoms with Crippen LogP contribution in [-0.2, 0) is 6.54 Å². The van der Waals surface area contributed by atoms with Gasteiger partial charge in [-0.3, -0.25) is 0 Å². The average Bonchev–Trinajstić information content (AvgIpc) is 2.49. The van der Waals surface area contributed by atoms with E-state index in [0.717, 1.165) is 34.8 Å². The van der Waals surface area contributed by atoms with Crippen LogP contribution in [-0.4, -0.2) is 12.2 Å². The number of aliphatic hydroxyl groups excluding tert-OH is 1. The summed E-state index contributed by atoms with van der Waals surface area (Å²) in [5.74, 6) is 0. The summed E-state index contributed by atoms with van der Waals surface area (Å²) in [6.45, 7) is 2.73. The Morgan fingerprint density at radius 2 is 1.75 bits per heavy atom. The molecular weight excluding hydrogens is 270 g/mol. The predicted octanol–water partition coefficient (Wildman–Crippen LogP) is 4.42. The molecule has 0 unspecified atom stereocenters. The smallest absolute Gasteiger partial charge is 0.0787 e. The van der Waals surface area contributed by atoms with E-state index in [4.69, 9.17) is 11.6 Å². The Labute approximate surface area is 125 Å². The Morgan fingerprint density at radius 3 is 2.35 bits per heavy atom. The molecule has 0 heterocycles. The predicted molar refractivity (Wildman–Crippen MR) is 85.3 cm³/mol. The lowest BCUT2D eigenvalue weighted by molar-refractivity contribution is 0.173. The van der Waals surface area contributed by atoms with Crippen molar-refractivity contribution in [1.29, 1.82) is 0 Å². The third-order valence-corrected chi connectivity index (χ3v) is 3.84. The maximum atomic E-state index is 9.80. The molecule has 0 aliphatic rings. The minimum Gasteiger partial charge on any atom is -0.388 e. The lowest BCUT2D eigenvalue weighted by Crippen LogP contribution is -2.16. The summed E-state index contributed by atoms with van der Waals surface area (Å²) in [6, 6.07) is 15.9. The van der Waals surface area contributed by atoms with Gasteiger partial charge in [-0.2, -0.15) is 0 Å². The van der Waals surface area contributed by atoms with Gasteiger partial charge in [-0.15, -0.1) is 0 Å². The van der Waals surface area contributed by atoms with Gasteiger partial charge in [0.15, 0.2) is 0 Å². The van der Waals surface area contributed by atoms with Gasteiger partial charge in [0.25, 0.3) is 0 Å². The first kappa shape index (κ1) is 14.9. The lowest BCUT2D eigenvalue weighted by Gasteiger charge is -2.21. The largest absolute Gasteiger partial charge is 0.388 e. The lowest BCUT2D eigenvalue weighted by atomic mass is 10.1. The monoisotopic (exact) mass is 289 g/mol. The maximum Gasteiger partial charge on any atom is 0.0787 e. The summed E-state index contributed by atoms with van der Waals surface area (Å²) in [4.78, 5) is 2.14. The van der Waals surface area contributed by atoms with Crippen molar-refractivity contribution < 1.29 is 5.11 Å². The van der Waals surface area contributed by atoms with Crippen LogP contribution in [0.3, 0.4) is 0 Å². The molecule has 0 aliphatic heterocycles. The third-order valence-electron chi connectivity index (χ3n) is 3.47. The van der Waals surface area contributed by atoms with E-state index in [1.165, 1.54) is 0 Å². The molecule has 106 valence electrons. The van der Waals surface area contributed by atoms with Crippen LogP contribution in [0.4, 0.5) is 5.69 Å². The second-order valence-corrected chi connectivity index (χ2v) is 5.37. The van der Waals surface area contributed by atoms with Crippen molar-refractivity contribution in [1.82, 2.24) is 0 Å². The molecule has 2 aromatic carbocycles. The van der Waals surface area contributed by atoms with E-state index in [1.54, 1.807) is 0 Å². The van der Waals surface area contributed by atoms with Gasteiger partial charge in [0.2, 0.25) is 0 Å². The summed E-state index contributed by atoms with van der Waals surface area (Å²) in [6.07, 6.45) is 0.354. The third kappa shape index (κ3) is 3.53. The normalized spacial score (nSPS) is 12.2. The van der Waals surface area contributed by atoms with E-state index >= 15 is 0 Å². The number of nitrogens with zero attached hydrogens (tertiary/aromatic N) is 1. The molecule has 2 nitrogen and oxygen atoms in total. The van der Waals surface area contributed by atoms with E-state index in [9.17, 15) is 5.11 Å². The zero-order chi connectivity index (χ0) is 14.5. The highest BCUT2D eigenvalue weighted by Crippen LogP contribution is 2.23. The Hall–Kier alpha value is -1.51. The highest BCUT2D eigenvalue weighted by atomic mass is 35.5. The van der Waals surface area contributed by atoms with Crippen LogP contribution in [0.15, 0.2) is 48.5 Å². The van der Waals surface area contributed by atoms with Crippen molar-refractivity contribution >= 4 is 17.3 Å². The molecule has 20 heavy (non-hydrogen) atoms. The topological polar surface area (TPSA) is 23.5 Å². The molecule has 0 spiro atoms. The van der Waals surface area contributed by atoms with Crippen LogP contribution in [0.5, 0.6) is 0 Å². The van der Waals surface area contributed by atoms with E-state index in [0.29, 0.717) is 0 Å². The van der Waals surface area contributed by atoms with E-state index in [-0.39, 0.29) is 6.10 Å². The molecule has 0 amide bonds. The molecule has 2 aromatic rings. The zero-order valence-electron chi connectivity index (χ0n) is 11.9. The molecule has 0 aliphatic carbocycles. The number of benzene rings is 2. The number of aliphatic hydroxyl groups is 1. The van der Waals surface area contributed by atoms with Crippen LogP contribution in [0.25, 0.3) is 0 Å². The van der Waals surface area contributed by atoms with E-state index in [1.807, 2.05) is 62.5 Å². The highest BCUT2D eigenvalue weighted by Gasteiger charge is 2.07. The van der Waals surface area contributed by atoms with Crippen molar-refractivity contribution in [3.05, 3.63) is 64.7 Å². The molecule has 0 aromatic heterocycles. The fraction of sp³-hybridized carbons (Fsp3) is 0.294. The average molecular weight is 290 g/mol. The fourth-order valence-electron chi connectivity index (χ4n) is 2.16. The molecule has 0 saturated carbocycles. The number of hydrogen-bond acceptors (Lipinski definition) is 2. The van der Waals surface area contributed by atoms with E-state index < -0.39 is 0 Å². The number of anilines is 1. The number of halogens is 1. The summed E-state index contributed by atoms with van der Waals surface area (Å²) >= 11 is 6.18. The van der Waals surface area contributed by atoms with E-state index in [2.05, 4.69) is 4.90 Å². The quantitative estimate of drug-likeness (QED) is 0.881. The van der Waals surface area contributed by atoms with Gasteiger partial charge in [0, 0.05) is 24.3 Å². The van der Waals surface area contributed by atoms with Gasteiger partial charge >= 0.3 is 0 Å². The molecule has 0 fully saturated rings. The molecule has 2 rings (SSSR count). The summed E-state index contributed by atoms with van der Waals surface area (Å²) in [5.41, 5.74) is 3.17. The zero-order valence-corrected chi connectivity index (χ0v) is 12.6. The Kier molecular flexibility index (Phi) is 5.05. The second-order valence-electron chi connectivity index (χ2n) is 4.96. The minimum absolute atomic E-state index is 0.377. The summed E-state index contributed by atoms with van der Waals surface area (Å²) < 4.78 is 0. The van der Waals surface area contributed by atoms with Gasteiger partial charge in [-0.25, -0.2) is 0 Å². The van der Waals surface area contributed by atoms with Crippen LogP contribution in [0, 0.1) is 0 Å². The molecule has 1 atom stereocenters. The highest BCUT2D eigenvalue weighted by molar-refractivity contribution is 6.31. The van der Waals surface area contributed by atoms with Crippen molar-refractivity contribution in [2.45, 2.75) is 26.0 Å². The van der Waals surface area contributed by atoms with Gasteiger partial charge < -0.3 is 10.0 Å². The molecule has 3 heteroatoms. The second kappa shape index (κ2) is 6.78. The van der Waals surface area contributed by atoms with Crippen LogP contribution in [0.1, 0.15) is 30.6 Å². The van der Waals surface area contributed by atoms with Crippen molar-refractivity contribution in [3.8, 4) is 0 Å². The van der Waals surface area contributed by atoms with Crippen LogP contribution < -0.4 is 4.90 Å². The Morgan fingerprint density at radius 1 is 1.10 bits per heavy atom. The van der Waals surface area contributed by atoms with Crippen molar-refractivity contribution in [3.63, 3.8) is 0 Å². The molecule has 1 N–H and O–H groups in total. The molecule has 0 radical (unpaired) electrons. The SMILES string of the molecule is CC[C@H](O)c1ccc(N(C)Cc2ccccc2Cl)cc1. The molecule has 0 bridgehead atoms. The van der Waals surface area contributed by atoms with Crippen molar-refractivity contribution in [2.75, 3.05) is 11.9 Å². The molecular formula is C17H20ClNO. The first-order valence-electron chi connectivity index (χ1n) is 6.84. The summed E-state index contributed by atoms with van der Waals surface area (Å²) in [5, 5.41) is 10.6. The summed E-state index contributed by atoms with van der Waals surface area (Å²) in [7, 11) is 2.04. The number of hydrogen-bond donors (Lipinski definition) is 1. The van der Waals surface area contributed by atoms with Crippen LogP contribution in [0.2, 0.25) is 5.02 Å². The van der Waals surface area contributed by atoms with Crippen molar-refractivity contribution in [2.24, 2.45) is 0 Å². The number of rotatable bonds is 5. The van der Waals surface area contributed by atoms with Crippen LogP contribution >= 0.6 is 11.6 Å². The van der Waals surface area contributed by atoms with Gasteiger partial charge in [0.1, 0.15) is 0 Å². The first-order valence-corrected chi connectivity index (χ1v) is 7.22. The Bertz CT molecular complexity index is 553. The first-order chi connectivity index (χ1) is 9.61. The fourth-order valence-corrected chi connectivity index (χ4v) is 2.36.